The SMILES string of the molecule is Cc1nc(-c2cccs2)sc1-c1ccc(=O)n(CCNC(=O)COc2ccc(F)cc2F)n1. The molecule has 0 saturated carbocycles. The molecule has 1 N–H and O–H groups in total. The second kappa shape index (κ2) is 10.0. The summed E-state index contributed by atoms with van der Waals surface area (Å²) in [6.45, 7) is 1.70. The lowest BCUT2D eigenvalue weighted by Crippen LogP contribution is -2.34. The number of thiazole rings is 1. The van der Waals surface area contributed by atoms with Crippen molar-refractivity contribution in [3.63, 3.8) is 0 Å². The number of aromatic nitrogens is 3. The smallest absolute Gasteiger partial charge is 0.266 e. The number of rotatable bonds is 8. The van der Waals surface area contributed by atoms with Crippen molar-refractivity contribution in [2.24, 2.45) is 0 Å². The molecule has 0 aliphatic heterocycles. The van der Waals surface area contributed by atoms with E-state index in [0.29, 0.717) is 11.8 Å². The summed E-state index contributed by atoms with van der Waals surface area (Å²) in [5.74, 6) is -2.36. The van der Waals surface area contributed by atoms with E-state index in [9.17, 15) is 18.4 Å². The van der Waals surface area contributed by atoms with Crippen LogP contribution in [-0.2, 0) is 11.3 Å². The van der Waals surface area contributed by atoms with Crippen LogP contribution in [0.25, 0.3) is 20.5 Å². The minimum Gasteiger partial charge on any atom is -0.481 e. The second-order valence-corrected chi connectivity index (χ2v) is 8.85. The highest BCUT2D eigenvalue weighted by Crippen LogP contribution is 2.35. The molecular formula is C22H18F2N4O3S2. The van der Waals surface area contributed by atoms with E-state index in [2.05, 4.69) is 15.4 Å². The highest BCUT2D eigenvalue weighted by Gasteiger charge is 2.14. The number of nitrogens with one attached hydrogen (secondary N) is 1. The summed E-state index contributed by atoms with van der Waals surface area (Å²) in [5, 5.41) is 9.88. The molecule has 0 saturated heterocycles. The third kappa shape index (κ3) is 5.49. The summed E-state index contributed by atoms with van der Waals surface area (Å²) < 4.78 is 32.8. The van der Waals surface area contributed by atoms with Crippen LogP contribution in [0.1, 0.15) is 5.69 Å². The van der Waals surface area contributed by atoms with Crippen LogP contribution in [-0.4, -0.2) is 33.8 Å². The van der Waals surface area contributed by atoms with Crippen molar-refractivity contribution in [3.8, 4) is 26.2 Å². The Labute approximate surface area is 195 Å². The Morgan fingerprint density at radius 1 is 1.21 bits per heavy atom. The standard InChI is InChI=1S/C22H18F2N4O3S2/c1-13-21(33-22(26-13)18-3-2-10-32-18)16-5-7-20(30)28(27-16)9-8-25-19(29)12-31-17-6-4-14(23)11-15(17)24/h2-7,10-11H,8-9,12H2,1H3,(H,25,29). The summed E-state index contributed by atoms with van der Waals surface area (Å²) in [7, 11) is 0. The number of thiophene rings is 1. The van der Waals surface area contributed by atoms with E-state index in [0.717, 1.165) is 32.6 Å². The molecule has 3 aromatic heterocycles. The average molecular weight is 489 g/mol. The quantitative estimate of drug-likeness (QED) is 0.407. The topological polar surface area (TPSA) is 86.1 Å². The number of halogens is 2. The van der Waals surface area contributed by atoms with Crippen LogP contribution >= 0.6 is 22.7 Å². The zero-order valence-electron chi connectivity index (χ0n) is 17.4. The molecule has 0 radical (unpaired) electrons. The van der Waals surface area contributed by atoms with Gasteiger partial charge in [-0.05, 0) is 36.6 Å². The predicted molar refractivity (Wildman–Crippen MR) is 123 cm³/mol. The van der Waals surface area contributed by atoms with Gasteiger partial charge in [0.05, 0.1) is 22.0 Å². The van der Waals surface area contributed by atoms with Crippen molar-refractivity contribution >= 4 is 28.6 Å². The molecule has 33 heavy (non-hydrogen) atoms. The van der Waals surface area contributed by atoms with E-state index in [4.69, 9.17) is 4.74 Å². The zero-order chi connectivity index (χ0) is 23.4. The summed E-state index contributed by atoms with van der Waals surface area (Å²) in [5.41, 5.74) is 1.13. The van der Waals surface area contributed by atoms with Crippen LogP contribution in [0.15, 0.2) is 52.6 Å². The molecule has 4 rings (SSSR count). The van der Waals surface area contributed by atoms with Crippen LogP contribution in [0, 0.1) is 18.6 Å². The minimum absolute atomic E-state index is 0.118. The van der Waals surface area contributed by atoms with Gasteiger partial charge in [0.15, 0.2) is 18.2 Å². The molecule has 4 aromatic rings. The van der Waals surface area contributed by atoms with E-state index < -0.39 is 24.1 Å². The van der Waals surface area contributed by atoms with E-state index in [1.807, 2.05) is 24.4 Å². The van der Waals surface area contributed by atoms with Crippen molar-refractivity contribution in [2.75, 3.05) is 13.2 Å². The Bertz CT molecular complexity index is 1340. The highest BCUT2D eigenvalue weighted by molar-refractivity contribution is 7.23. The molecule has 0 atom stereocenters. The number of nitrogens with zero attached hydrogens (tertiary/aromatic N) is 3. The molecule has 0 spiro atoms. The third-order valence-electron chi connectivity index (χ3n) is 4.53. The molecule has 0 fully saturated rings. The number of aryl methyl sites for hydroxylation is 1. The Hall–Kier alpha value is -3.44. The maximum absolute atomic E-state index is 13.6. The van der Waals surface area contributed by atoms with Gasteiger partial charge in [0.25, 0.3) is 11.5 Å². The molecule has 0 bridgehead atoms. The number of carbonyl (C=O) groups is 1. The van der Waals surface area contributed by atoms with Gasteiger partial charge in [0.2, 0.25) is 0 Å². The lowest BCUT2D eigenvalue weighted by atomic mass is 10.3. The van der Waals surface area contributed by atoms with Crippen molar-refractivity contribution in [3.05, 3.63) is 75.5 Å². The van der Waals surface area contributed by atoms with Crippen LogP contribution in [0.3, 0.4) is 0 Å². The fraction of sp³-hybridized carbons (Fsp3) is 0.182. The van der Waals surface area contributed by atoms with Gasteiger partial charge in [-0.1, -0.05) is 6.07 Å². The molecule has 0 aliphatic rings. The molecule has 1 aromatic carbocycles. The maximum atomic E-state index is 13.6. The Balaban J connectivity index is 1.37. The molecule has 7 nitrogen and oxygen atoms in total. The first-order valence-electron chi connectivity index (χ1n) is 9.85. The average Bonchev–Trinajstić information content (AvgIpc) is 3.44. The van der Waals surface area contributed by atoms with E-state index in [1.165, 1.54) is 22.1 Å². The van der Waals surface area contributed by atoms with Crippen molar-refractivity contribution in [1.82, 2.24) is 20.1 Å². The van der Waals surface area contributed by atoms with E-state index in [1.54, 1.807) is 17.4 Å². The first-order valence-corrected chi connectivity index (χ1v) is 11.5. The fourth-order valence-electron chi connectivity index (χ4n) is 2.96. The number of hydrogen-bond donors (Lipinski definition) is 1. The van der Waals surface area contributed by atoms with E-state index >= 15 is 0 Å². The van der Waals surface area contributed by atoms with Gasteiger partial charge in [0, 0.05) is 18.7 Å². The van der Waals surface area contributed by atoms with Crippen molar-refractivity contribution in [2.45, 2.75) is 13.5 Å². The first-order chi connectivity index (χ1) is 15.9. The molecule has 0 aliphatic carbocycles. The largest absolute Gasteiger partial charge is 0.481 e. The molecule has 11 heteroatoms. The predicted octanol–water partition coefficient (Wildman–Crippen LogP) is 3.88. The summed E-state index contributed by atoms with van der Waals surface area (Å²) >= 11 is 3.10. The van der Waals surface area contributed by atoms with Crippen molar-refractivity contribution < 1.29 is 18.3 Å². The normalized spacial score (nSPS) is 10.9. The van der Waals surface area contributed by atoms with Crippen molar-refractivity contribution in [1.29, 1.82) is 0 Å². The Morgan fingerprint density at radius 2 is 2.06 bits per heavy atom. The monoisotopic (exact) mass is 488 g/mol. The molecular weight excluding hydrogens is 470 g/mol. The molecule has 0 unspecified atom stereocenters. The second-order valence-electron chi connectivity index (χ2n) is 6.90. The van der Waals surface area contributed by atoms with Crippen LogP contribution in [0.2, 0.25) is 0 Å². The number of hydrogen-bond acceptors (Lipinski definition) is 7. The number of ether oxygens (including phenoxy) is 1. The molecule has 1 amide bonds. The van der Waals surface area contributed by atoms with Gasteiger partial charge in [-0.2, -0.15) is 5.10 Å². The number of amides is 1. The van der Waals surface area contributed by atoms with Gasteiger partial charge >= 0.3 is 0 Å². The zero-order valence-corrected chi connectivity index (χ0v) is 19.0. The van der Waals surface area contributed by atoms with Gasteiger partial charge in [-0.25, -0.2) is 18.4 Å². The minimum atomic E-state index is -0.893. The van der Waals surface area contributed by atoms with Gasteiger partial charge in [0.1, 0.15) is 16.5 Å². The summed E-state index contributed by atoms with van der Waals surface area (Å²) in [4.78, 5) is 30.7. The lowest BCUT2D eigenvalue weighted by molar-refractivity contribution is -0.123. The molecule has 170 valence electrons. The maximum Gasteiger partial charge on any atom is 0.266 e. The van der Waals surface area contributed by atoms with Gasteiger partial charge < -0.3 is 10.1 Å². The Morgan fingerprint density at radius 3 is 2.82 bits per heavy atom. The first kappa shape index (κ1) is 22.7. The summed E-state index contributed by atoms with van der Waals surface area (Å²) in [6.07, 6.45) is 0. The highest BCUT2D eigenvalue weighted by atomic mass is 32.1. The van der Waals surface area contributed by atoms with Gasteiger partial charge in [-0.15, -0.1) is 22.7 Å². The Kier molecular flexibility index (Phi) is 6.90. The van der Waals surface area contributed by atoms with Crippen LogP contribution in [0.5, 0.6) is 5.75 Å². The van der Waals surface area contributed by atoms with Crippen LogP contribution in [0.4, 0.5) is 8.78 Å². The third-order valence-corrected chi connectivity index (χ3v) is 6.75. The lowest BCUT2D eigenvalue weighted by Gasteiger charge is -2.09. The summed E-state index contributed by atoms with van der Waals surface area (Å²) in [6, 6.07) is 9.86. The van der Waals surface area contributed by atoms with Gasteiger partial charge in [-0.3, -0.25) is 9.59 Å². The van der Waals surface area contributed by atoms with E-state index in [-0.39, 0.29) is 24.4 Å². The molecule has 3 heterocycles. The fourth-order valence-corrected chi connectivity index (χ4v) is 4.79. The number of benzene rings is 1. The number of carbonyl (C=O) groups excluding carboxylic acids is 1. The van der Waals surface area contributed by atoms with Crippen LogP contribution < -0.4 is 15.6 Å².